The standard InChI is InChI=1S/C23H39N5O4/c1-17-12-28(18(2)15-29)22(30)10-7-11-27-13-20(24-25-27)16-32-21(17)14-26(3)23(31)19-8-5-4-6-9-19/h13,17-19,21,29H,4-12,14-16H2,1-3H3/t17-,18+,21-/m1/s1. The molecule has 9 nitrogen and oxygen atoms in total. The maximum atomic E-state index is 13.0. The second-order valence-corrected chi connectivity index (χ2v) is 9.53. The van der Waals surface area contributed by atoms with Crippen LogP contribution in [0.25, 0.3) is 0 Å². The lowest BCUT2D eigenvalue weighted by Gasteiger charge is -2.36. The molecule has 2 aliphatic rings. The van der Waals surface area contributed by atoms with Gasteiger partial charge in [0, 0.05) is 44.9 Å². The third-order valence-corrected chi connectivity index (χ3v) is 6.83. The Morgan fingerprint density at radius 3 is 2.78 bits per heavy atom. The van der Waals surface area contributed by atoms with Gasteiger partial charge in [0.05, 0.1) is 31.6 Å². The van der Waals surface area contributed by atoms with Crippen molar-refractivity contribution in [1.29, 1.82) is 0 Å². The number of hydrogen-bond donors (Lipinski definition) is 1. The minimum atomic E-state index is -0.269. The number of carbonyl (C=O) groups excluding carboxylic acids is 2. The Morgan fingerprint density at radius 2 is 2.06 bits per heavy atom. The average Bonchev–Trinajstić information content (AvgIpc) is 3.26. The largest absolute Gasteiger partial charge is 0.394 e. The average molecular weight is 450 g/mol. The Morgan fingerprint density at radius 1 is 1.31 bits per heavy atom. The van der Waals surface area contributed by atoms with Gasteiger partial charge in [0.25, 0.3) is 0 Å². The minimum absolute atomic E-state index is 0.0170. The van der Waals surface area contributed by atoms with Crippen molar-refractivity contribution in [1.82, 2.24) is 24.8 Å². The molecule has 0 unspecified atom stereocenters. The summed E-state index contributed by atoms with van der Waals surface area (Å²) in [6.45, 7) is 5.67. The van der Waals surface area contributed by atoms with Gasteiger partial charge in [-0.05, 0) is 26.2 Å². The van der Waals surface area contributed by atoms with Crippen LogP contribution >= 0.6 is 0 Å². The molecule has 1 aromatic rings. The lowest BCUT2D eigenvalue weighted by Crippen LogP contribution is -2.48. The molecule has 9 heteroatoms. The quantitative estimate of drug-likeness (QED) is 0.736. The van der Waals surface area contributed by atoms with E-state index in [1.54, 1.807) is 14.5 Å². The molecule has 2 heterocycles. The molecule has 1 aliphatic carbocycles. The van der Waals surface area contributed by atoms with Gasteiger partial charge in [-0.15, -0.1) is 5.10 Å². The molecule has 180 valence electrons. The van der Waals surface area contributed by atoms with Crippen molar-refractivity contribution in [3.05, 3.63) is 11.9 Å². The molecule has 1 saturated carbocycles. The maximum absolute atomic E-state index is 13.0. The van der Waals surface area contributed by atoms with E-state index in [1.807, 2.05) is 27.1 Å². The fourth-order valence-corrected chi connectivity index (χ4v) is 4.71. The molecular formula is C23H39N5O4. The molecule has 1 N–H and O–H groups in total. The highest BCUT2D eigenvalue weighted by Gasteiger charge is 2.30. The zero-order valence-electron chi connectivity index (χ0n) is 19.8. The van der Waals surface area contributed by atoms with Gasteiger partial charge in [0.15, 0.2) is 0 Å². The number of rotatable bonds is 5. The van der Waals surface area contributed by atoms with E-state index in [-0.39, 0.29) is 42.4 Å². The first-order valence-electron chi connectivity index (χ1n) is 12.0. The van der Waals surface area contributed by atoms with Gasteiger partial charge in [-0.1, -0.05) is 31.4 Å². The van der Waals surface area contributed by atoms with Crippen LogP contribution in [0, 0.1) is 11.8 Å². The molecule has 2 amide bonds. The Kier molecular flexibility index (Phi) is 9.04. The monoisotopic (exact) mass is 449 g/mol. The summed E-state index contributed by atoms with van der Waals surface area (Å²) in [7, 11) is 1.85. The number of aliphatic hydroxyl groups excluding tert-OH is 1. The first kappa shape index (κ1) is 24.6. The van der Waals surface area contributed by atoms with Crippen molar-refractivity contribution >= 4 is 11.8 Å². The first-order valence-corrected chi connectivity index (χ1v) is 12.0. The van der Waals surface area contributed by atoms with Crippen LogP contribution in [0.3, 0.4) is 0 Å². The molecule has 3 atom stereocenters. The SMILES string of the molecule is C[C@@H]1CN([C@@H](C)CO)C(=O)CCCn2cc(nn2)CO[C@@H]1CN(C)C(=O)C1CCCCC1. The molecule has 0 radical (unpaired) electrons. The molecule has 0 saturated heterocycles. The zero-order chi connectivity index (χ0) is 23.1. The summed E-state index contributed by atoms with van der Waals surface area (Å²) in [5, 5.41) is 18.0. The smallest absolute Gasteiger partial charge is 0.225 e. The van der Waals surface area contributed by atoms with Crippen molar-refractivity contribution in [2.45, 2.75) is 84.1 Å². The number of ether oxygens (including phenoxy) is 1. The Hall–Kier alpha value is -2.00. The topological polar surface area (TPSA) is 101 Å². The van der Waals surface area contributed by atoms with Crippen molar-refractivity contribution in [3.8, 4) is 0 Å². The number of carbonyl (C=O) groups is 2. The van der Waals surface area contributed by atoms with Gasteiger partial charge in [0.2, 0.25) is 11.8 Å². The van der Waals surface area contributed by atoms with E-state index < -0.39 is 0 Å². The summed E-state index contributed by atoms with van der Waals surface area (Å²) >= 11 is 0. The van der Waals surface area contributed by atoms with E-state index in [1.165, 1.54) is 6.42 Å². The van der Waals surface area contributed by atoms with E-state index in [4.69, 9.17) is 4.74 Å². The summed E-state index contributed by atoms with van der Waals surface area (Å²) in [5.41, 5.74) is 0.745. The van der Waals surface area contributed by atoms with E-state index in [0.29, 0.717) is 39.1 Å². The van der Waals surface area contributed by atoms with E-state index in [9.17, 15) is 14.7 Å². The number of amides is 2. The highest BCUT2D eigenvalue weighted by Crippen LogP contribution is 2.26. The number of nitrogens with zero attached hydrogens (tertiary/aromatic N) is 5. The Labute approximate surface area is 191 Å². The van der Waals surface area contributed by atoms with Gasteiger partial charge in [-0.2, -0.15) is 0 Å². The van der Waals surface area contributed by atoms with E-state index >= 15 is 0 Å². The van der Waals surface area contributed by atoms with Crippen molar-refractivity contribution in [2.24, 2.45) is 11.8 Å². The molecule has 1 aliphatic heterocycles. The van der Waals surface area contributed by atoms with Gasteiger partial charge in [-0.3, -0.25) is 14.3 Å². The van der Waals surface area contributed by atoms with Crippen LogP contribution in [0.1, 0.15) is 64.5 Å². The number of hydrogen-bond acceptors (Lipinski definition) is 6. The lowest BCUT2D eigenvalue weighted by atomic mass is 9.88. The fourth-order valence-electron chi connectivity index (χ4n) is 4.71. The third kappa shape index (κ3) is 6.51. The molecule has 32 heavy (non-hydrogen) atoms. The molecule has 3 rings (SSSR count). The second-order valence-electron chi connectivity index (χ2n) is 9.53. The second kappa shape index (κ2) is 11.7. The van der Waals surface area contributed by atoms with E-state index in [2.05, 4.69) is 10.3 Å². The maximum Gasteiger partial charge on any atom is 0.225 e. The number of likely N-dealkylation sites (N-methyl/N-ethyl adjacent to an activating group) is 1. The third-order valence-electron chi connectivity index (χ3n) is 6.83. The molecule has 0 aromatic carbocycles. The molecule has 0 spiro atoms. The fraction of sp³-hybridized carbons (Fsp3) is 0.826. The lowest BCUT2D eigenvalue weighted by molar-refractivity contribution is -0.140. The number of aryl methyl sites for hydroxylation is 1. The first-order chi connectivity index (χ1) is 15.4. The minimum Gasteiger partial charge on any atom is -0.394 e. The van der Waals surface area contributed by atoms with Crippen LogP contribution in [0.15, 0.2) is 6.20 Å². The van der Waals surface area contributed by atoms with Crippen LogP contribution in [-0.2, 0) is 27.5 Å². The predicted molar refractivity (Wildman–Crippen MR) is 119 cm³/mol. The normalized spacial score (nSPS) is 24.9. The van der Waals surface area contributed by atoms with Crippen LogP contribution in [0.5, 0.6) is 0 Å². The summed E-state index contributed by atoms with van der Waals surface area (Å²) in [6.07, 6.45) is 8.01. The van der Waals surface area contributed by atoms with Crippen LogP contribution < -0.4 is 0 Å². The number of aromatic nitrogens is 3. The molecule has 1 aromatic heterocycles. The number of fused-ring (bicyclic) bond motifs is 2. The van der Waals surface area contributed by atoms with Gasteiger partial charge in [0.1, 0.15) is 5.69 Å². The van der Waals surface area contributed by atoms with E-state index in [0.717, 1.165) is 31.4 Å². The van der Waals surface area contributed by atoms with Gasteiger partial charge in [-0.25, -0.2) is 0 Å². The van der Waals surface area contributed by atoms with Gasteiger partial charge >= 0.3 is 0 Å². The summed E-state index contributed by atoms with van der Waals surface area (Å²) in [4.78, 5) is 29.5. The zero-order valence-corrected chi connectivity index (χ0v) is 19.8. The highest BCUT2D eigenvalue weighted by molar-refractivity contribution is 5.78. The highest BCUT2D eigenvalue weighted by atomic mass is 16.5. The van der Waals surface area contributed by atoms with Crippen LogP contribution in [0.4, 0.5) is 0 Å². The molecular weight excluding hydrogens is 410 g/mol. The molecule has 1 fully saturated rings. The summed E-state index contributed by atoms with van der Waals surface area (Å²) in [6, 6.07) is -0.269. The van der Waals surface area contributed by atoms with Crippen molar-refractivity contribution < 1.29 is 19.4 Å². The summed E-state index contributed by atoms with van der Waals surface area (Å²) in [5.74, 6) is 0.283. The van der Waals surface area contributed by atoms with Crippen molar-refractivity contribution in [3.63, 3.8) is 0 Å². The Bertz CT molecular complexity index is 749. The molecule has 2 bridgehead atoms. The Balaban J connectivity index is 1.75. The van der Waals surface area contributed by atoms with Gasteiger partial charge < -0.3 is 19.6 Å². The van der Waals surface area contributed by atoms with Crippen LogP contribution in [-0.4, -0.2) is 80.6 Å². The van der Waals surface area contributed by atoms with Crippen LogP contribution in [0.2, 0.25) is 0 Å². The predicted octanol–water partition coefficient (Wildman–Crippen LogP) is 1.84. The number of aliphatic hydroxyl groups is 1. The van der Waals surface area contributed by atoms with Crippen molar-refractivity contribution in [2.75, 3.05) is 26.7 Å². The summed E-state index contributed by atoms with van der Waals surface area (Å²) < 4.78 is 8.00.